The second-order valence-electron chi connectivity index (χ2n) is 4.13. The smallest absolute Gasteiger partial charge is 0.410 e. The summed E-state index contributed by atoms with van der Waals surface area (Å²) in [6.07, 6.45) is 0.616. The minimum atomic E-state index is -0.491. The van der Waals surface area contributed by atoms with E-state index in [-0.39, 0.29) is 13.2 Å². The molecular formula is C15H21NO4. The van der Waals surface area contributed by atoms with Crippen molar-refractivity contribution in [2.75, 3.05) is 27.4 Å². The molecule has 0 aliphatic rings. The van der Waals surface area contributed by atoms with Crippen LogP contribution in [0.4, 0.5) is 4.79 Å². The lowest BCUT2D eigenvalue weighted by molar-refractivity contribution is -0.114. The standard InChI is InChI=1S/C15H21NO4/c1-4-10-20-15(17)16(12-14(18-2)19-3)11-13-8-6-5-7-9-13/h4-9,14H,1,10-12H2,2-3H3. The molecule has 0 N–H and O–H groups in total. The van der Waals surface area contributed by atoms with E-state index in [9.17, 15) is 4.79 Å². The normalized spacial score (nSPS) is 10.3. The van der Waals surface area contributed by atoms with E-state index in [1.165, 1.54) is 25.2 Å². The lowest BCUT2D eigenvalue weighted by atomic mass is 10.2. The molecule has 0 spiro atoms. The third-order valence-corrected chi connectivity index (χ3v) is 2.69. The Hall–Kier alpha value is -1.85. The fourth-order valence-corrected chi connectivity index (χ4v) is 1.65. The highest BCUT2D eigenvalue weighted by atomic mass is 16.7. The molecule has 5 heteroatoms. The third kappa shape index (κ3) is 5.42. The topological polar surface area (TPSA) is 48.0 Å². The number of ether oxygens (including phenoxy) is 3. The quantitative estimate of drug-likeness (QED) is 0.541. The van der Waals surface area contributed by atoms with Gasteiger partial charge in [-0.05, 0) is 5.56 Å². The van der Waals surface area contributed by atoms with Gasteiger partial charge in [0.25, 0.3) is 0 Å². The zero-order valence-electron chi connectivity index (χ0n) is 12.0. The molecule has 0 unspecified atom stereocenters. The Balaban J connectivity index is 2.72. The van der Waals surface area contributed by atoms with Crippen LogP contribution in [0.1, 0.15) is 5.56 Å². The number of benzene rings is 1. The summed E-state index contributed by atoms with van der Waals surface area (Å²) in [7, 11) is 3.06. The molecule has 0 radical (unpaired) electrons. The molecule has 0 aliphatic carbocycles. The van der Waals surface area contributed by atoms with E-state index in [0.717, 1.165) is 5.56 Å². The van der Waals surface area contributed by atoms with E-state index in [0.29, 0.717) is 6.54 Å². The summed E-state index contributed by atoms with van der Waals surface area (Å²) in [5, 5.41) is 0. The molecule has 0 fully saturated rings. The van der Waals surface area contributed by atoms with Gasteiger partial charge < -0.3 is 14.2 Å². The summed E-state index contributed by atoms with van der Waals surface area (Å²) in [5.74, 6) is 0. The third-order valence-electron chi connectivity index (χ3n) is 2.69. The molecule has 5 nitrogen and oxygen atoms in total. The van der Waals surface area contributed by atoms with Gasteiger partial charge in [0, 0.05) is 20.8 Å². The van der Waals surface area contributed by atoms with Gasteiger partial charge in [-0.15, -0.1) is 0 Å². The van der Waals surface area contributed by atoms with Gasteiger partial charge in [0.15, 0.2) is 6.29 Å². The van der Waals surface area contributed by atoms with E-state index < -0.39 is 12.4 Å². The number of nitrogens with zero attached hydrogens (tertiary/aromatic N) is 1. The summed E-state index contributed by atoms with van der Waals surface area (Å²) < 4.78 is 15.3. The molecule has 110 valence electrons. The van der Waals surface area contributed by atoms with Crippen LogP contribution in [0.3, 0.4) is 0 Å². The van der Waals surface area contributed by atoms with Crippen LogP contribution in [0.15, 0.2) is 43.0 Å². The van der Waals surface area contributed by atoms with Crippen LogP contribution in [0.25, 0.3) is 0 Å². The highest BCUT2D eigenvalue weighted by Gasteiger charge is 2.20. The Morgan fingerprint density at radius 3 is 2.50 bits per heavy atom. The summed E-state index contributed by atoms with van der Waals surface area (Å²) >= 11 is 0. The number of rotatable bonds is 8. The SMILES string of the molecule is C=CCOC(=O)N(Cc1ccccc1)CC(OC)OC. The van der Waals surface area contributed by atoms with Gasteiger partial charge in [-0.25, -0.2) is 4.79 Å². The van der Waals surface area contributed by atoms with Gasteiger partial charge in [0.1, 0.15) is 6.61 Å². The van der Waals surface area contributed by atoms with Gasteiger partial charge in [0.2, 0.25) is 0 Å². The van der Waals surface area contributed by atoms with Gasteiger partial charge in [0.05, 0.1) is 6.54 Å². The molecule has 0 saturated heterocycles. The van der Waals surface area contributed by atoms with Gasteiger partial charge in [-0.2, -0.15) is 0 Å². The van der Waals surface area contributed by atoms with E-state index in [1.54, 1.807) is 0 Å². The lowest BCUT2D eigenvalue weighted by Crippen LogP contribution is -2.39. The molecule has 0 aliphatic heterocycles. The lowest BCUT2D eigenvalue weighted by Gasteiger charge is -2.25. The van der Waals surface area contributed by atoms with Crippen LogP contribution >= 0.6 is 0 Å². The Labute approximate surface area is 119 Å². The Kier molecular flexibility index (Phi) is 7.39. The number of hydrogen-bond acceptors (Lipinski definition) is 4. The second-order valence-corrected chi connectivity index (χ2v) is 4.13. The predicted molar refractivity (Wildman–Crippen MR) is 76.2 cm³/mol. The first-order valence-electron chi connectivity index (χ1n) is 6.33. The first-order chi connectivity index (χ1) is 9.71. The summed E-state index contributed by atoms with van der Waals surface area (Å²) in [5.41, 5.74) is 1.01. The number of methoxy groups -OCH3 is 2. The molecule has 1 amide bonds. The van der Waals surface area contributed by atoms with E-state index in [1.807, 2.05) is 30.3 Å². The maximum absolute atomic E-state index is 12.0. The second kappa shape index (κ2) is 9.12. The first kappa shape index (κ1) is 16.2. The van der Waals surface area contributed by atoms with Crippen molar-refractivity contribution in [2.24, 2.45) is 0 Å². The van der Waals surface area contributed by atoms with Crippen molar-refractivity contribution in [3.63, 3.8) is 0 Å². The predicted octanol–water partition coefficient (Wildman–Crippen LogP) is 2.43. The molecule has 0 saturated carbocycles. The van der Waals surface area contributed by atoms with Crippen molar-refractivity contribution in [2.45, 2.75) is 12.8 Å². The first-order valence-corrected chi connectivity index (χ1v) is 6.33. The zero-order valence-corrected chi connectivity index (χ0v) is 12.0. The summed E-state index contributed by atoms with van der Waals surface area (Å²) in [6, 6.07) is 9.67. The van der Waals surface area contributed by atoms with Crippen molar-refractivity contribution < 1.29 is 19.0 Å². The largest absolute Gasteiger partial charge is 0.445 e. The molecule has 1 rings (SSSR count). The minimum Gasteiger partial charge on any atom is -0.445 e. The maximum Gasteiger partial charge on any atom is 0.410 e. The van der Waals surface area contributed by atoms with Crippen molar-refractivity contribution >= 4 is 6.09 Å². The fourth-order valence-electron chi connectivity index (χ4n) is 1.65. The number of carbonyl (C=O) groups excluding carboxylic acids is 1. The van der Waals surface area contributed by atoms with Gasteiger partial charge in [-0.1, -0.05) is 43.0 Å². The number of amides is 1. The van der Waals surface area contributed by atoms with E-state index in [4.69, 9.17) is 14.2 Å². The Morgan fingerprint density at radius 2 is 1.95 bits per heavy atom. The number of hydrogen-bond donors (Lipinski definition) is 0. The van der Waals surface area contributed by atoms with Crippen molar-refractivity contribution in [1.82, 2.24) is 4.90 Å². The van der Waals surface area contributed by atoms with Crippen LogP contribution in [0.2, 0.25) is 0 Å². The number of carbonyl (C=O) groups is 1. The van der Waals surface area contributed by atoms with Crippen molar-refractivity contribution in [3.05, 3.63) is 48.6 Å². The average molecular weight is 279 g/mol. The minimum absolute atomic E-state index is 0.175. The van der Waals surface area contributed by atoms with Crippen LogP contribution in [-0.2, 0) is 20.8 Å². The molecular weight excluding hydrogens is 258 g/mol. The summed E-state index contributed by atoms with van der Waals surface area (Å²) in [6.45, 7) is 4.42. The van der Waals surface area contributed by atoms with E-state index >= 15 is 0 Å². The molecule has 1 aromatic carbocycles. The van der Waals surface area contributed by atoms with E-state index in [2.05, 4.69) is 6.58 Å². The summed E-state index contributed by atoms with van der Waals surface area (Å²) in [4.78, 5) is 13.6. The zero-order chi connectivity index (χ0) is 14.8. The molecule has 1 aromatic rings. The maximum atomic E-state index is 12.0. The van der Waals surface area contributed by atoms with Crippen LogP contribution in [-0.4, -0.2) is 44.7 Å². The Morgan fingerprint density at radius 1 is 1.30 bits per heavy atom. The van der Waals surface area contributed by atoms with Crippen LogP contribution < -0.4 is 0 Å². The van der Waals surface area contributed by atoms with Crippen molar-refractivity contribution in [3.8, 4) is 0 Å². The highest BCUT2D eigenvalue weighted by Crippen LogP contribution is 2.08. The average Bonchev–Trinajstić information content (AvgIpc) is 2.50. The molecule has 0 heterocycles. The van der Waals surface area contributed by atoms with Gasteiger partial charge >= 0.3 is 6.09 Å². The Bertz CT molecular complexity index is 404. The fraction of sp³-hybridized carbons (Fsp3) is 0.400. The molecule has 20 heavy (non-hydrogen) atoms. The monoisotopic (exact) mass is 279 g/mol. The highest BCUT2D eigenvalue weighted by molar-refractivity contribution is 5.67. The van der Waals surface area contributed by atoms with Crippen LogP contribution in [0, 0.1) is 0 Å². The molecule has 0 bridgehead atoms. The molecule has 0 atom stereocenters. The van der Waals surface area contributed by atoms with Gasteiger partial charge in [-0.3, -0.25) is 4.90 Å². The van der Waals surface area contributed by atoms with Crippen molar-refractivity contribution in [1.29, 1.82) is 0 Å². The molecule has 0 aromatic heterocycles. The van der Waals surface area contributed by atoms with Crippen LogP contribution in [0.5, 0.6) is 0 Å².